The molecule has 0 bridgehead atoms. The lowest BCUT2D eigenvalue weighted by molar-refractivity contribution is -0.118. The second kappa shape index (κ2) is 7.41. The first-order valence-electron chi connectivity index (χ1n) is 9.06. The molecule has 0 aliphatic carbocycles. The van der Waals surface area contributed by atoms with E-state index in [9.17, 15) is 4.79 Å². The molecular weight excluding hydrogens is 378 g/mol. The molecule has 4 nitrogen and oxygen atoms in total. The maximum Gasteiger partial charge on any atom is 0.227 e. The highest BCUT2D eigenvalue weighted by atomic mass is 35.5. The van der Waals surface area contributed by atoms with Crippen molar-refractivity contribution >= 4 is 34.5 Å². The zero-order valence-electron chi connectivity index (χ0n) is 15.3. The summed E-state index contributed by atoms with van der Waals surface area (Å²) in [4.78, 5) is 23.3. The van der Waals surface area contributed by atoms with E-state index in [4.69, 9.17) is 16.6 Å². The number of fused-ring (bicyclic) bond motifs is 1. The Labute approximate surface area is 167 Å². The van der Waals surface area contributed by atoms with Crippen LogP contribution in [0.4, 0.5) is 5.69 Å². The predicted molar refractivity (Wildman–Crippen MR) is 111 cm³/mol. The summed E-state index contributed by atoms with van der Waals surface area (Å²) in [6.07, 6.45) is 4.15. The maximum absolute atomic E-state index is 12.5. The minimum absolute atomic E-state index is 0.156. The van der Waals surface area contributed by atoms with E-state index in [-0.39, 0.29) is 11.9 Å². The first kappa shape index (κ1) is 18.1. The summed E-state index contributed by atoms with van der Waals surface area (Å²) in [7, 11) is 0. The number of carbonyl (C=O) groups is 1. The molecule has 0 fully saturated rings. The standard InChI is InChI=1S/C21H20ClN3OS/c1-13(2)25-18-8-6-14(10-15(18)4-3-5-20(25)26)17-12-27-21(24-17)16-7-9-19(22)23-11-16/h6-13H,3-5H2,1-2H3. The zero-order valence-corrected chi connectivity index (χ0v) is 16.8. The van der Waals surface area contributed by atoms with Crippen molar-refractivity contribution in [3.05, 3.63) is 52.6 Å². The molecule has 1 aliphatic rings. The van der Waals surface area contributed by atoms with E-state index in [1.807, 2.05) is 11.0 Å². The van der Waals surface area contributed by atoms with Crippen LogP contribution in [0.1, 0.15) is 32.3 Å². The van der Waals surface area contributed by atoms with Crippen molar-refractivity contribution in [3.63, 3.8) is 0 Å². The van der Waals surface area contributed by atoms with E-state index in [1.54, 1.807) is 23.6 Å². The van der Waals surface area contributed by atoms with Gasteiger partial charge in [0, 0.05) is 40.9 Å². The average molecular weight is 398 g/mol. The fourth-order valence-corrected chi connectivity index (χ4v) is 4.40. The Morgan fingerprint density at radius 3 is 2.70 bits per heavy atom. The minimum atomic E-state index is 0.156. The normalized spacial score (nSPS) is 14.4. The molecule has 2 aromatic heterocycles. The van der Waals surface area contributed by atoms with Crippen molar-refractivity contribution in [1.82, 2.24) is 9.97 Å². The van der Waals surface area contributed by atoms with Crippen LogP contribution in [-0.2, 0) is 11.2 Å². The SMILES string of the molecule is CC(C)N1C(=O)CCCc2cc(-c3csc(-c4ccc(Cl)nc4)n3)ccc21. The van der Waals surface area contributed by atoms with Gasteiger partial charge in [-0.15, -0.1) is 11.3 Å². The summed E-state index contributed by atoms with van der Waals surface area (Å²) in [6, 6.07) is 10.2. The van der Waals surface area contributed by atoms with Gasteiger partial charge in [-0.25, -0.2) is 9.97 Å². The Bertz CT molecular complexity index is 981. The molecule has 0 N–H and O–H groups in total. The molecule has 4 rings (SSSR count). The molecule has 3 heterocycles. The molecule has 3 aromatic rings. The highest BCUT2D eigenvalue weighted by molar-refractivity contribution is 7.13. The van der Waals surface area contributed by atoms with E-state index in [1.165, 1.54) is 5.56 Å². The highest BCUT2D eigenvalue weighted by Gasteiger charge is 2.24. The van der Waals surface area contributed by atoms with Crippen LogP contribution in [0.5, 0.6) is 0 Å². The van der Waals surface area contributed by atoms with Gasteiger partial charge in [0.05, 0.1) is 5.69 Å². The molecule has 0 unspecified atom stereocenters. The van der Waals surface area contributed by atoms with Gasteiger partial charge in [-0.3, -0.25) is 4.79 Å². The maximum atomic E-state index is 12.5. The molecule has 0 spiro atoms. The fraction of sp³-hybridized carbons (Fsp3) is 0.286. The summed E-state index contributed by atoms with van der Waals surface area (Å²) < 4.78 is 0. The number of nitrogens with zero attached hydrogens (tertiary/aromatic N) is 3. The van der Waals surface area contributed by atoms with Crippen LogP contribution in [0.25, 0.3) is 21.8 Å². The monoisotopic (exact) mass is 397 g/mol. The van der Waals surface area contributed by atoms with Gasteiger partial charge in [-0.2, -0.15) is 0 Å². The van der Waals surface area contributed by atoms with Crippen molar-refractivity contribution in [1.29, 1.82) is 0 Å². The molecule has 0 saturated heterocycles. The molecule has 138 valence electrons. The topological polar surface area (TPSA) is 46.1 Å². The van der Waals surface area contributed by atoms with Crippen molar-refractivity contribution in [2.75, 3.05) is 4.90 Å². The van der Waals surface area contributed by atoms with Crippen molar-refractivity contribution < 1.29 is 4.79 Å². The van der Waals surface area contributed by atoms with E-state index in [2.05, 4.69) is 42.4 Å². The number of rotatable bonds is 3. The molecule has 1 amide bonds. The summed E-state index contributed by atoms with van der Waals surface area (Å²) in [6.45, 7) is 4.13. The minimum Gasteiger partial charge on any atom is -0.310 e. The average Bonchev–Trinajstić information content (AvgIpc) is 3.07. The third-order valence-electron chi connectivity index (χ3n) is 4.74. The van der Waals surface area contributed by atoms with Crippen LogP contribution in [0.2, 0.25) is 5.15 Å². The van der Waals surface area contributed by atoms with Crippen LogP contribution >= 0.6 is 22.9 Å². The summed E-state index contributed by atoms with van der Waals surface area (Å²) in [5.41, 5.74) is 5.24. The van der Waals surface area contributed by atoms with Gasteiger partial charge < -0.3 is 4.90 Å². The third kappa shape index (κ3) is 3.62. The molecule has 6 heteroatoms. The molecule has 0 radical (unpaired) electrons. The van der Waals surface area contributed by atoms with Gasteiger partial charge in [-0.1, -0.05) is 17.7 Å². The van der Waals surface area contributed by atoms with Gasteiger partial charge in [0.2, 0.25) is 5.91 Å². The summed E-state index contributed by atoms with van der Waals surface area (Å²) in [5.74, 6) is 0.211. The highest BCUT2D eigenvalue weighted by Crippen LogP contribution is 2.34. The van der Waals surface area contributed by atoms with Crippen molar-refractivity contribution in [3.8, 4) is 21.8 Å². The molecule has 0 atom stereocenters. The van der Waals surface area contributed by atoms with Gasteiger partial charge >= 0.3 is 0 Å². The number of pyridine rings is 1. The Morgan fingerprint density at radius 1 is 1.15 bits per heavy atom. The number of hydrogen-bond donors (Lipinski definition) is 0. The lowest BCUT2D eigenvalue weighted by Gasteiger charge is -2.27. The number of amides is 1. The largest absolute Gasteiger partial charge is 0.310 e. The number of aryl methyl sites for hydroxylation is 1. The number of aromatic nitrogens is 2. The Hall–Kier alpha value is -2.24. The fourth-order valence-electron chi connectivity index (χ4n) is 3.47. The van der Waals surface area contributed by atoms with Crippen molar-refractivity contribution in [2.24, 2.45) is 0 Å². The first-order chi connectivity index (χ1) is 13.0. The first-order valence-corrected chi connectivity index (χ1v) is 10.3. The number of benzene rings is 1. The van der Waals surface area contributed by atoms with Crippen LogP contribution in [0.3, 0.4) is 0 Å². The summed E-state index contributed by atoms with van der Waals surface area (Å²) in [5, 5.41) is 3.46. The second-order valence-corrected chi connectivity index (χ2v) is 8.21. The van der Waals surface area contributed by atoms with Crippen LogP contribution in [0, 0.1) is 0 Å². The molecule has 27 heavy (non-hydrogen) atoms. The van der Waals surface area contributed by atoms with Gasteiger partial charge in [0.25, 0.3) is 0 Å². The van der Waals surface area contributed by atoms with Gasteiger partial charge in [0.1, 0.15) is 10.2 Å². The number of hydrogen-bond acceptors (Lipinski definition) is 4. The quantitative estimate of drug-likeness (QED) is 0.540. The van der Waals surface area contributed by atoms with Crippen LogP contribution in [-0.4, -0.2) is 21.9 Å². The van der Waals surface area contributed by atoms with E-state index in [0.29, 0.717) is 11.6 Å². The Morgan fingerprint density at radius 2 is 1.96 bits per heavy atom. The van der Waals surface area contributed by atoms with Gasteiger partial charge in [0.15, 0.2) is 0 Å². The molecule has 1 aromatic carbocycles. The summed E-state index contributed by atoms with van der Waals surface area (Å²) >= 11 is 7.46. The van der Waals surface area contributed by atoms with Crippen LogP contribution < -0.4 is 4.90 Å². The predicted octanol–water partition coefficient (Wildman–Crippen LogP) is 5.60. The van der Waals surface area contributed by atoms with Crippen LogP contribution in [0.15, 0.2) is 41.9 Å². The number of carbonyl (C=O) groups excluding carboxylic acids is 1. The number of thiazole rings is 1. The van der Waals surface area contributed by atoms with E-state index < -0.39 is 0 Å². The lowest BCUT2D eigenvalue weighted by Crippen LogP contribution is -2.36. The van der Waals surface area contributed by atoms with Gasteiger partial charge in [-0.05, 0) is 56.5 Å². The third-order valence-corrected chi connectivity index (χ3v) is 5.85. The number of anilines is 1. The second-order valence-electron chi connectivity index (χ2n) is 6.96. The van der Waals surface area contributed by atoms with E-state index >= 15 is 0 Å². The molecule has 1 aliphatic heterocycles. The Balaban J connectivity index is 1.69. The zero-order chi connectivity index (χ0) is 19.0. The Kier molecular flexibility index (Phi) is 4.98. The lowest BCUT2D eigenvalue weighted by atomic mass is 10.0. The molecular formula is C21H20ClN3OS. The smallest absolute Gasteiger partial charge is 0.227 e. The number of halogens is 1. The van der Waals surface area contributed by atoms with E-state index in [0.717, 1.165) is 40.4 Å². The van der Waals surface area contributed by atoms with Crippen molar-refractivity contribution in [2.45, 2.75) is 39.2 Å². The molecule has 0 saturated carbocycles.